The van der Waals surface area contributed by atoms with Crippen LogP contribution in [0.15, 0.2) is 33.5 Å². The van der Waals surface area contributed by atoms with Gasteiger partial charge in [0.25, 0.3) is 0 Å². The first-order valence-corrected chi connectivity index (χ1v) is 6.16. The molecule has 0 spiro atoms. The van der Waals surface area contributed by atoms with E-state index in [1.165, 1.54) is 18.2 Å². The fourth-order valence-electron chi connectivity index (χ4n) is 1.55. The van der Waals surface area contributed by atoms with E-state index in [9.17, 15) is 9.90 Å². The summed E-state index contributed by atoms with van der Waals surface area (Å²) in [5.41, 5.74) is 5.52. The van der Waals surface area contributed by atoms with Crippen molar-refractivity contribution in [2.45, 2.75) is 20.1 Å². The summed E-state index contributed by atoms with van der Waals surface area (Å²) in [6.45, 7) is 4.11. The average molecular weight is 282 g/mol. The predicted octanol–water partition coefficient (Wildman–Crippen LogP) is 1.71. The third-order valence-corrected chi connectivity index (χ3v) is 2.36. The molecule has 1 unspecified atom stereocenters. The van der Waals surface area contributed by atoms with Crippen molar-refractivity contribution in [3.8, 4) is 5.75 Å². The van der Waals surface area contributed by atoms with Crippen LogP contribution < -0.4 is 16.7 Å². The Morgan fingerprint density at radius 1 is 1.40 bits per heavy atom. The van der Waals surface area contributed by atoms with Gasteiger partial charge >= 0.3 is 5.63 Å². The summed E-state index contributed by atoms with van der Waals surface area (Å²) in [6, 6.07) is 5.66. The lowest BCUT2D eigenvalue weighted by Gasteiger charge is -2.11. The van der Waals surface area contributed by atoms with Gasteiger partial charge < -0.3 is 20.6 Å². The fraction of sp³-hybridized carbons (Fsp3) is 0.308. The molecule has 2 rings (SSSR count). The summed E-state index contributed by atoms with van der Waals surface area (Å²) in [5.74, 6) is -0.00167. The first-order valence-electron chi connectivity index (χ1n) is 6.16. The zero-order valence-electron chi connectivity index (χ0n) is 11.3. The van der Waals surface area contributed by atoms with E-state index in [-0.39, 0.29) is 17.9 Å². The van der Waals surface area contributed by atoms with Crippen molar-refractivity contribution >= 4 is 16.7 Å². The van der Waals surface area contributed by atoms with Crippen LogP contribution in [0.3, 0.4) is 0 Å². The molecule has 0 aliphatic carbocycles. The van der Waals surface area contributed by atoms with Gasteiger partial charge in [-0.15, -0.1) is 0 Å². The van der Waals surface area contributed by atoms with Crippen molar-refractivity contribution in [2.75, 3.05) is 11.9 Å². The molecule has 110 valence electrons. The van der Waals surface area contributed by atoms with E-state index in [1.54, 1.807) is 6.07 Å². The fourth-order valence-corrected chi connectivity index (χ4v) is 1.55. The highest BCUT2D eigenvalue weighted by molar-refractivity contribution is 5.90. The minimum Gasteiger partial charge on any atom is -0.508 e. The molecule has 20 heavy (non-hydrogen) atoms. The van der Waals surface area contributed by atoms with E-state index in [2.05, 4.69) is 10.2 Å². The molecule has 1 heterocycles. The average Bonchev–Trinajstić information content (AvgIpc) is 2.45. The van der Waals surface area contributed by atoms with Gasteiger partial charge in [-0.25, -0.2) is 9.68 Å². The number of nitrogens with one attached hydrogen (secondary N) is 1. The van der Waals surface area contributed by atoms with Gasteiger partial charge in [-0.1, -0.05) is 13.8 Å². The number of phenolic OH excluding ortho intramolecular Hbond substituents is 1. The first-order chi connectivity index (χ1) is 9.60. The number of hydrogen-bond donors (Lipinski definition) is 4. The number of anilines is 1. The lowest BCUT2D eigenvalue weighted by molar-refractivity contribution is -0.273. The van der Waals surface area contributed by atoms with E-state index in [4.69, 9.17) is 15.4 Å². The smallest absolute Gasteiger partial charge is 0.338 e. The quantitative estimate of drug-likeness (QED) is 0.292. The Bertz CT molecular complexity index is 611. The normalized spacial score (nSPS) is 11.6. The van der Waals surface area contributed by atoms with E-state index in [0.717, 1.165) is 0 Å². The Morgan fingerprint density at radius 3 is 2.75 bits per heavy atom. The van der Waals surface area contributed by atoms with Gasteiger partial charge in [-0.3, -0.25) is 5.26 Å². The Balaban J connectivity index is 0.000000956. The number of benzene rings is 1. The monoisotopic (exact) mass is 282 g/mol. The summed E-state index contributed by atoms with van der Waals surface area (Å²) < 4.78 is 4.95. The minimum absolute atomic E-state index is 0.00167. The van der Waals surface area contributed by atoms with Crippen LogP contribution in [0, 0.1) is 0 Å². The second-order valence-corrected chi connectivity index (χ2v) is 3.68. The summed E-state index contributed by atoms with van der Waals surface area (Å²) in [5, 5.41) is 21.1. The van der Waals surface area contributed by atoms with Gasteiger partial charge in [0.2, 0.25) is 0 Å². The van der Waals surface area contributed by atoms with Crippen LogP contribution in [0.25, 0.3) is 11.0 Å². The van der Waals surface area contributed by atoms with Crippen molar-refractivity contribution < 1.29 is 19.7 Å². The highest BCUT2D eigenvalue weighted by atomic mass is 17.1. The summed E-state index contributed by atoms with van der Waals surface area (Å²) in [6.07, 6.45) is -0.913. The molecule has 1 aromatic heterocycles. The van der Waals surface area contributed by atoms with Crippen LogP contribution in [0.4, 0.5) is 5.69 Å². The summed E-state index contributed by atoms with van der Waals surface area (Å²) in [4.78, 5) is 15.2. The van der Waals surface area contributed by atoms with E-state index in [1.807, 2.05) is 13.8 Å². The lowest BCUT2D eigenvalue weighted by Crippen LogP contribution is -2.31. The topological polar surface area (TPSA) is 118 Å². The highest BCUT2D eigenvalue weighted by Gasteiger charge is 2.08. The molecule has 0 saturated carbocycles. The molecule has 7 nitrogen and oxygen atoms in total. The lowest BCUT2D eigenvalue weighted by atomic mass is 10.2. The van der Waals surface area contributed by atoms with Crippen LogP contribution >= 0.6 is 0 Å². The number of aromatic hydroxyl groups is 1. The Labute approximate surface area is 115 Å². The highest BCUT2D eigenvalue weighted by Crippen LogP contribution is 2.24. The number of phenols is 1. The Hall–Kier alpha value is -2.09. The second-order valence-electron chi connectivity index (χ2n) is 3.68. The zero-order valence-corrected chi connectivity index (χ0v) is 11.3. The van der Waals surface area contributed by atoms with Crippen molar-refractivity contribution in [2.24, 2.45) is 5.73 Å². The number of nitrogens with two attached hydrogens (primary N) is 1. The second kappa shape index (κ2) is 7.49. The molecule has 1 atom stereocenters. The number of hydrogen-bond acceptors (Lipinski definition) is 7. The van der Waals surface area contributed by atoms with Crippen LogP contribution in [-0.2, 0) is 4.89 Å². The third-order valence-electron chi connectivity index (χ3n) is 2.36. The molecular weight excluding hydrogens is 264 g/mol. The number of fused-ring (bicyclic) bond motifs is 1. The molecule has 7 heteroatoms. The number of rotatable bonds is 4. The molecule has 2 aromatic rings. The van der Waals surface area contributed by atoms with Gasteiger partial charge in [0.15, 0.2) is 6.23 Å². The zero-order chi connectivity index (χ0) is 15.1. The molecule has 0 amide bonds. The van der Waals surface area contributed by atoms with Gasteiger partial charge in [-0.05, 0) is 12.1 Å². The van der Waals surface area contributed by atoms with Gasteiger partial charge in [0, 0.05) is 17.5 Å². The summed E-state index contributed by atoms with van der Waals surface area (Å²) in [7, 11) is 0. The van der Waals surface area contributed by atoms with Crippen molar-refractivity contribution in [1.29, 1.82) is 0 Å². The molecule has 0 aliphatic rings. The maximum Gasteiger partial charge on any atom is 0.338 e. The van der Waals surface area contributed by atoms with E-state index >= 15 is 0 Å². The van der Waals surface area contributed by atoms with Crippen LogP contribution in [0.1, 0.15) is 13.8 Å². The van der Waals surface area contributed by atoms with E-state index < -0.39 is 11.9 Å². The van der Waals surface area contributed by atoms with E-state index in [0.29, 0.717) is 11.1 Å². The van der Waals surface area contributed by atoms with Crippen LogP contribution in [-0.4, -0.2) is 23.1 Å². The Morgan fingerprint density at radius 2 is 2.10 bits per heavy atom. The predicted molar refractivity (Wildman–Crippen MR) is 75.7 cm³/mol. The molecule has 0 fully saturated rings. The van der Waals surface area contributed by atoms with Crippen molar-refractivity contribution in [3.63, 3.8) is 0 Å². The van der Waals surface area contributed by atoms with Crippen LogP contribution in [0.5, 0.6) is 5.75 Å². The molecular formula is C13H18N2O5. The molecule has 0 aliphatic heterocycles. The molecule has 5 N–H and O–H groups in total. The molecule has 1 aromatic carbocycles. The molecule has 0 saturated heterocycles. The van der Waals surface area contributed by atoms with Gasteiger partial charge in [0.05, 0.1) is 12.2 Å². The van der Waals surface area contributed by atoms with Crippen molar-refractivity contribution in [3.05, 3.63) is 34.7 Å². The van der Waals surface area contributed by atoms with Crippen molar-refractivity contribution in [1.82, 2.24) is 0 Å². The maximum atomic E-state index is 11.3. The van der Waals surface area contributed by atoms with Crippen LogP contribution in [0.2, 0.25) is 0 Å². The standard InChI is InChI=1S/C11H12N2O5.C2H6/c12-10(18-16)5-13-8-4-11(15)17-9-3-6(14)1-2-7(8)9;1-2/h1-4,10,13-14,16H,5,12H2;1-2H3. The van der Waals surface area contributed by atoms with Gasteiger partial charge in [-0.2, -0.15) is 0 Å². The first kappa shape index (κ1) is 16.0. The third kappa shape index (κ3) is 3.95. The largest absolute Gasteiger partial charge is 0.508 e. The molecule has 0 bridgehead atoms. The SMILES string of the molecule is CC.NC(CNc1cc(=O)oc2cc(O)ccc12)OO. The Kier molecular flexibility index (Phi) is 5.98. The molecule has 0 radical (unpaired) electrons. The maximum absolute atomic E-state index is 11.3. The van der Waals surface area contributed by atoms with Gasteiger partial charge in [0.1, 0.15) is 11.3 Å². The summed E-state index contributed by atoms with van der Waals surface area (Å²) >= 11 is 0. The minimum atomic E-state index is -0.913.